The van der Waals surface area contributed by atoms with E-state index in [-0.39, 0.29) is 11.9 Å². The van der Waals surface area contributed by atoms with Crippen molar-refractivity contribution in [2.45, 2.75) is 32.4 Å². The van der Waals surface area contributed by atoms with E-state index in [9.17, 15) is 0 Å². The van der Waals surface area contributed by atoms with Gasteiger partial charge in [-0.3, -0.25) is 10.3 Å². The molecule has 0 amide bonds. The van der Waals surface area contributed by atoms with Gasteiger partial charge in [-0.15, -0.1) is 0 Å². The third-order valence-electron chi connectivity index (χ3n) is 2.35. The number of nitrogens with one attached hydrogen (secondary N) is 1. The summed E-state index contributed by atoms with van der Waals surface area (Å²) in [6.45, 7) is 7.01. The van der Waals surface area contributed by atoms with Gasteiger partial charge in [0.25, 0.3) is 0 Å². The maximum Gasteiger partial charge on any atom is 0.0931 e. The monoisotopic (exact) mass is 185 g/mol. The van der Waals surface area contributed by atoms with E-state index < -0.39 is 0 Å². The van der Waals surface area contributed by atoms with Crippen molar-refractivity contribution in [1.82, 2.24) is 4.90 Å². The van der Waals surface area contributed by atoms with E-state index in [1.165, 1.54) is 0 Å². The molecule has 1 heterocycles. The Labute approximate surface area is 79.6 Å². The summed E-state index contributed by atoms with van der Waals surface area (Å²) in [7, 11) is 0. The third-order valence-corrected chi connectivity index (χ3v) is 2.35. The first kappa shape index (κ1) is 10.5. The van der Waals surface area contributed by atoms with Crippen molar-refractivity contribution in [1.29, 1.82) is 5.41 Å². The second kappa shape index (κ2) is 4.58. The van der Waals surface area contributed by atoms with E-state index in [0.29, 0.717) is 12.5 Å². The lowest BCUT2D eigenvalue weighted by atomic mass is 10.1. The SMILES string of the molecule is CC(C)N1CCOC(CC(=N)N)C1. The van der Waals surface area contributed by atoms with Crippen LogP contribution in [0.4, 0.5) is 0 Å². The van der Waals surface area contributed by atoms with Crippen LogP contribution in [0.5, 0.6) is 0 Å². The maximum atomic E-state index is 7.18. The standard InChI is InChI=1S/C9H19N3O/c1-7(2)12-3-4-13-8(6-12)5-9(10)11/h7-8H,3-6H2,1-2H3,(H3,10,11). The number of morpholine rings is 1. The number of ether oxygens (including phenoxy) is 1. The second-order valence-electron chi connectivity index (χ2n) is 3.81. The normalized spacial score (nSPS) is 25.0. The summed E-state index contributed by atoms with van der Waals surface area (Å²) >= 11 is 0. The molecule has 1 rings (SSSR count). The lowest BCUT2D eigenvalue weighted by Gasteiger charge is -2.35. The molecule has 0 bridgehead atoms. The van der Waals surface area contributed by atoms with E-state index in [2.05, 4.69) is 18.7 Å². The van der Waals surface area contributed by atoms with Crippen molar-refractivity contribution in [3.8, 4) is 0 Å². The van der Waals surface area contributed by atoms with Crippen LogP contribution in [0.15, 0.2) is 0 Å². The highest BCUT2D eigenvalue weighted by Gasteiger charge is 2.22. The van der Waals surface area contributed by atoms with Crippen LogP contribution in [0, 0.1) is 5.41 Å². The minimum Gasteiger partial charge on any atom is -0.388 e. The van der Waals surface area contributed by atoms with Crippen molar-refractivity contribution < 1.29 is 4.74 Å². The molecule has 1 fully saturated rings. The van der Waals surface area contributed by atoms with Crippen molar-refractivity contribution >= 4 is 5.84 Å². The first-order valence-corrected chi connectivity index (χ1v) is 4.78. The van der Waals surface area contributed by atoms with Crippen LogP contribution in [-0.4, -0.2) is 42.6 Å². The largest absolute Gasteiger partial charge is 0.388 e. The van der Waals surface area contributed by atoms with Crippen LogP contribution in [0.2, 0.25) is 0 Å². The average molecular weight is 185 g/mol. The second-order valence-corrected chi connectivity index (χ2v) is 3.81. The zero-order valence-corrected chi connectivity index (χ0v) is 8.42. The summed E-state index contributed by atoms with van der Waals surface area (Å²) in [5, 5.41) is 7.18. The Hall–Kier alpha value is -0.610. The molecule has 3 N–H and O–H groups in total. The molecule has 1 unspecified atom stereocenters. The summed E-state index contributed by atoms with van der Waals surface area (Å²) in [6, 6.07) is 0.554. The van der Waals surface area contributed by atoms with Crippen LogP contribution in [0.1, 0.15) is 20.3 Å². The van der Waals surface area contributed by atoms with E-state index in [4.69, 9.17) is 15.9 Å². The van der Waals surface area contributed by atoms with Crippen LogP contribution in [0.25, 0.3) is 0 Å². The van der Waals surface area contributed by atoms with Crippen LogP contribution < -0.4 is 5.73 Å². The van der Waals surface area contributed by atoms with Crippen molar-refractivity contribution in [3.05, 3.63) is 0 Å². The van der Waals surface area contributed by atoms with E-state index in [1.807, 2.05) is 0 Å². The highest BCUT2D eigenvalue weighted by Crippen LogP contribution is 2.10. The third kappa shape index (κ3) is 3.32. The van der Waals surface area contributed by atoms with Gasteiger partial charge in [-0.25, -0.2) is 0 Å². The van der Waals surface area contributed by atoms with Crippen LogP contribution in [-0.2, 0) is 4.74 Å². The van der Waals surface area contributed by atoms with Crippen LogP contribution >= 0.6 is 0 Å². The van der Waals surface area contributed by atoms with Gasteiger partial charge in [0.1, 0.15) is 0 Å². The molecule has 76 valence electrons. The molecule has 0 radical (unpaired) electrons. The Morgan fingerprint density at radius 3 is 2.92 bits per heavy atom. The van der Waals surface area contributed by atoms with Crippen LogP contribution in [0.3, 0.4) is 0 Å². The topological polar surface area (TPSA) is 62.3 Å². The lowest BCUT2D eigenvalue weighted by Crippen LogP contribution is -2.46. The molecule has 1 saturated heterocycles. The first-order valence-electron chi connectivity index (χ1n) is 4.78. The van der Waals surface area contributed by atoms with Gasteiger partial charge >= 0.3 is 0 Å². The molecule has 0 aromatic heterocycles. The first-order chi connectivity index (χ1) is 6.09. The van der Waals surface area contributed by atoms with Crippen molar-refractivity contribution in [2.24, 2.45) is 5.73 Å². The van der Waals surface area contributed by atoms with Crippen molar-refractivity contribution in [3.63, 3.8) is 0 Å². The maximum absolute atomic E-state index is 7.18. The molecule has 0 aromatic carbocycles. The molecule has 0 saturated carbocycles. The number of rotatable bonds is 3. The highest BCUT2D eigenvalue weighted by molar-refractivity contribution is 5.77. The Bertz CT molecular complexity index is 182. The molecule has 4 heteroatoms. The Kier molecular flexibility index (Phi) is 3.69. The fourth-order valence-electron chi connectivity index (χ4n) is 1.58. The number of nitrogens with zero attached hydrogens (tertiary/aromatic N) is 1. The Balaban J connectivity index is 2.37. The smallest absolute Gasteiger partial charge is 0.0931 e. The van der Waals surface area contributed by atoms with Gasteiger partial charge in [-0.1, -0.05) is 0 Å². The lowest BCUT2D eigenvalue weighted by molar-refractivity contribution is -0.0346. The minimum atomic E-state index is 0.119. The summed E-state index contributed by atoms with van der Waals surface area (Å²) in [5.41, 5.74) is 5.33. The van der Waals surface area contributed by atoms with Gasteiger partial charge < -0.3 is 10.5 Å². The quantitative estimate of drug-likeness (QED) is 0.495. The predicted molar refractivity (Wildman–Crippen MR) is 53.0 cm³/mol. The van der Waals surface area contributed by atoms with Gasteiger partial charge in [0.15, 0.2) is 0 Å². The Morgan fingerprint density at radius 2 is 2.38 bits per heavy atom. The van der Waals surface area contributed by atoms with E-state index in [1.54, 1.807) is 0 Å². The van der Waals surface area contributed by atoms with E-state index >= 15 is 0 Å². The molecular weight excluding hydrogens is 166 g/mol. The Morgan fingerprint density at radius 1 is 1.69 bits per heavy atom. The highest BCUT2D eigenvalue weighted by atomic mass is 16.5. The summed E-state index contributed by atoms with van der Waals surface area (Å²) < 4.78 is 5.51. The number of amidine groups is 1. The summed E-state index contributed by atoms with van der Waals surface area (Å²) in [4.78, 5) is 2.36. The molecule has 13 heavy (non-hydrogen) atoms. The molecule has 1 atom stereocenters. The average Bonchev–Trinajstić information content (AvgIpc) is 2.03. The van der Waals surface area contributed by atoms with Gasteiger partial charge in [-0.05, 0) is 13.8 Å². The molecule has 0 aromatic rings. The summed E-state index contributed by atoms with van der Waals surface area (Å²) in [5.74, 6) is 0.218. The van der Waals surface area contributed by atoms with Gasteiger partial charge in [0, 0.05) is 25.6 Å². The number of hydrogen-bond acceptors (Lipinski definition) is 3. The zero-order valence-electron chi connectivity index (χ0n) is 8.42. The van der Waals surface area contributed by atoms with Gasteiger partial charge in [-0.2, -0.15) is 0 Å². The zero-order chi connectivity index (χ0) is 9.84. The fraction of sp³-hybridized carbons (Fsp3) is 0.889. The van der Waals surface area contributed by atoms with Gasteiger partial charge in [0.05, 0.1) is 18.5 Å². The molecule has 0 spiro atoms. The number of hydrogen-bond donors (Lipinski definition) is 2. The summed E-state index contributed by atoms with van der Waals surface area (Å²) in [6.07, 6.45) is 0.678. The van der Waals surface area contributed by atoms with Crippen molar-refractivity contribution in [2.75, 3.05) is 19.7 Å². The minimum absolute atomic E-state index is 0.119. The predicted octanol–water partition coefficient (Wildman–Crippen LogP) is 0.422. The molecule has 4 nitrogen and oxygen atoms in total. The van der Waals surface area contributed by atoms with E-state index in [0.717, 1.165) is 19.7 Å². The molecule has 0 aliphatic carbocycles. The van der Waals surface area contributed by atoms with Gasteiger partial charge in [0.2, 0.25) is 0 Å². The molecule has 1 aliphatic heterocycles. The molecule has 1 aliphatic rings. The molecular formula is C9H19N3O. The number of nitrogens with two attached hydrogens (primary N) is 1. The fourth-order valence-corrected chi connectivity index (χ4v) is 1.58.